The van der Waals surface area contributed by atoms with Crippen LogP contribution in [-0.4, -0.2) is 36.6 Å². The Labute approximate surface area is 126 Å². The number of rotatable bonds is 4. The number of hydrogen-bond acceptors (Lipinski definition) is 3. The van der Waals surface area contributed by atoms with Gasteiger partial charge in [-0.15, -0.1) is 0 Å². The number of aromatic nitrogens is 2. The maximum Gasteiger partial charge on any atom is 0.279 e. The standard InChI is InChI=1S/C14H24N4O2S/c1-17(2)21(19,20)16-13-9-5-6-11-10-18(15-14(11)13)12-7-3-4-8-12/h10,12-13,16H,3-9H2,1-2H3/t13-/m0/s1. The molecule has 21 heavy (non-hydrogen) atoms. The van der Waals surface area contributed by atoms with E-state index >= 15 is 0 Å². The van der Waals surface area contributed by atoms with Crippen LogP contribution in [0, 0.1) is 0 Å². The second kappa shape index (κ2) is 5.70. The average Bonchev–Trinajstić information content (AvgIpc) is 3.07. The Hall–Kier alpha value is -0.920. The number of hydrogen-bond donors (Lipinski definition) is 1. The third kappa shape index (κ3) is 3.00. The highest BCUT2D eigenvalue weighted by molar-refractivity contribution is 7.87. The molecule has 6 nitrogen and oxygen atoms in total. The molecule has 1 aromatic rings. The van der Waals surface area contributed by atoms with Gasteiger partial charge in [0, 0.05) is 20.3 Å². The molecular formula is C14H24N4O2S. The van der Waals surface area contributed by atoms with Gasteiger partial charge in [-0.25, -0.2) is 0 Å². The van der Waals surface area contributed by atoms with E-state index in [-0.39, 0.29) is 6.04 Å². The van der Waals surface area contributed by atoms with Gasteiger partial charge >= 0.3 is 0 Å². The third-order valence-electron chi connectivity index (χ3n) is 4.58. The Morgan fingerprint density at radius 2 is 1.95 bits per heavy atom. The molecule has 0 spiro atoms. The molecule has 0 aromatic carbocycles. The summed E-state index contributed by atoms with van der Waals surface area (Å²) < 4.78 is 30.2. The first-order chi connectivity index (χ1) is 9.97. The van der Waals surface area contributed by atoms with Crippen LogP contribution in [0.1, 0.15) is 61.9 Å². The van der Waals surface area contributed by atoms with Crippen molar-refractivity contribution < 1.29 is 8.42 Å². The summed E-state index contributed by atoms with van der Waals surface area (Å²) in [5.41, 5.74) is 2.14. The van der Waals surface area contributed by atoms with Gasteiger partial charge in [-0.05, 0) is 37.7 Å². The van der Waals surface area contributed by atoms with Crippen LogP contribution in [0.5, 0.6) is 0 Å². The van der Waals surface area contributed by atoms with E-state index < -0.39 is 10.2 Å². The molecule has 0 saturated heterocycles. The van der Waals surface area contributed by atoms with E-state index in [2.05, 4.69) is 15.6 Å². The lowest BCUT2D eigenvalue weighted by molar-refractivity contribution is 0.440. The molecule has 1 fully saturated rings. The molecule has 0 radical (unpaired) electrons. The van der Waals surface area contributed by atoms with E-state index in [9.17, 15) is 8.42 Å². The van der Waals surface area contributed by atoms with Gasteiger partial charge in [0.25, 0.3) is 10.2 Å². The van der Waals surface area contributed by atoms with Gasteiger partial charge < -0.3 is 0 Å². The van der Waals surface area contributed by atoms with Crippen LogP contribution in [0.3, 0.4) is 0 Å². The minimum Gasteiger partial charge on any atom is -0.269 e. The molecule has 1 N–H and O–H groups in total. The van der Waals surface area contributed by atoms with Crippen molar-refractivity contribution in [3.05, 3.63) is 17.5 Å². The highest BCUT2D eigenvalue weighted by atomic mass is 32.2. The molecule has 2 aliphatic carbocycles. The van der Waals surface area contributed by atoms with Crippen molar-refractivity contribution in [3.8, 4) is 0 Å². The van der Waals surface area contributed by atoms with E-state index in [0.29, 0.717) is 6.04 Å². The SMILES string of the molecule is CN(C)S(=O)(=O)N[C@H]1CCCc2cn(C3CCCC3)nc21. The van der Waals surface area contributed by atoms with Gasteiger partial charge in [-0.3, -0.25) is 4.68 Å². The van der Waals surface area contributed by atoms with Crippen LogP contribution in [-0.2, 0) is 16.6 Å². The highest BCUT2D eigenvalue weighted by Gasteiger charge is 2.30. The lowest BCUT2D eigenvalue weighted by Gasteiger charge is -2.23. The second-order valence-corrected chi connectivity index (χ2v) is 8.22. The molecule has 0 aliphatic heterocycles. The van der Waals surface area contributed by atoms with Crippen LogP contribution in [0.4, 0.5) is 0 Å². The number of nitrogens with one attached hydrogen (secondary N) is 1. The van der Waals surface area contributed by atoms with Crippen LogP contribution < -0.4 is 4.72 Å². The van der Waals surface area contributed by atoms with E-state index in [0.717, 1.165) is 25.0 Å². The van der Waals surface area contributed by atoms with Gasteiger partial charge in [0.2, 0.25) is 0 Å². The largest absolute Gasteiger partial charge is 0.279 e. The van der Waals surface area contributed by atoms with Crippen molar-refractivity contribution in [1.82, 2.24) is 18.8 Å². The summed E-state index contributed by atoms with van der Waals surface area (Å²) in [7, 11) is -0.327. The van der Waals surface area contributed by atoms with Crippen LogP contribution in [0.2, 0.25) is 0 Å². The summed E-state index contributed by atoms with van der Waals surface area (Å²) in [4.78, 5) is 0. The number of fused-ring (bicyclic) bond motifs is 1. The molecule has 118 valence electrons. The first kappa shape index (κ1) is 15.0. The Morgan fingerprint density at radius 3 is 2.62 bits per heavy atom. The first-order valence-corrected chi connectivity index (χ1v) is 9.19. The van der Waals surface area contributed by atoms with Gasteiger partial charge in [-0.1, -0.05) is 12.8 Å². The smallest absolute Gasteiger partial charge is 0.269 e. The summed E-state index contributed by atoms with van der Waals surface area (Å²) in [5.74, 6) is 0. The molecule has 2 aliphatic rings. The zero-order valence-corrected chi connectivity index (χ0v) is 13.6. The van der Waals surface area contributed by atoms with Gasteiger partial charge in [0.05, 0.1) is 17.8 Å². The quantitative estimate of drug-likeness (QED) is 0.921. The Bertz CT molecular complexity index is 602. The minimum absolute atomic E-state index is 0.191. The lowest BCUT2D eigenvalue weighted by atomic mass is 9.94. The lowest BCUT2D eigenvalue weighted by Crippen LogP contribution is -2.39. The summed E-state index contributed by atoms with van der Waals surface area (Å²) in [6, 6.07) is 0.311. The maximum atomic E-state index is 12.1. The molecule has 3 rings (SSSR count). The predicted molar refractivity (Wildman–Crippen MR) is 81.2 cm³/mol. The Balaban J connectivity index is 1.84. The molecule has 0 amide bonds. The van der Waals surface area contributed by atoms with Crippen molar-refractivity contribution in [2.24, 2.45) is 0 Å². The van der Waals surface area contributed by atoms with E-state index in [4.69, 9.17) is 5.10 Å². The molecule has 0 bridgehead atoms. The van der Waals surface area contributed by atoms with Crippen molar-refractivity contribution in [1.29, 1.82) is 0 Å². The minimum atomic E-state index is -3.42. The zero-order valence-electron chi connectivity index (χ0n) is 12.7. The maximum absolute atomic E-state index is 12.1. The fraction of sp³-hybridized carbons (Fsp3) is 0.786. The average molecular weight is 312 g/mol. The first-order valence-electron chi connectivity index (χ1n) is 7.75. The van der Waals surface area contributed by atoms with Crippen LogP contribution in [0.25, 0.3) is 0 Å². The summed E-state index contributed by atoms with van der Waals surface area (Å²) in [5, 5.41) is 4.73. The molecule has 7 heteroatoms. The van der Waals surface area contributed by atoms with Gasteiger partial charge in [-0.2, -0.15) is 22.5 Å². The fourth-order valence-corrected chi connectivity index (χ4v) is 4.12. The zero-order chi connectivity index (χ0) is 15.0. The van der Waals surface area contributed by atoms with E-state index in [1.165, 1.54) is 35.6 Å². The van der Waals surface area contributed by atoms with Crippen molar-refractivity contribution in [2.45, 2.75) is 57.0 Å². The monoisotopic (exact) mass is 312 g/mol. The number of aryl methyl sites for hydroxylation is 1. The molecule has 1 heterocycles. The molecule has 1 atom stereocenters. The molecular weight excluding hydrogens is 288 g/mol. The summed E-state index contributed by atoms with van der Waals surface area (Å²) >= 11 is 0. The normalized spacial score (nSPS) is 23.7. The Kier molecular flexibility index (Phi) is 4.07. The van der Waals surface area contributed by atoms with Crippen LogP contribution in [0.15, 0.2) is 6.20 Å². The fourth-order valence-electron chi connectivity index (χ4n) is 3.32. The second-order valence-electron chi connectivity index (χ2n) is 6.31. The molecule has 1 saturated carbocycles. The highest BCUT2D eigenvalue weighted by Crippen LogP contribution is 2.34. The molecule has 0 unspecified atom stereocenters. The van der Waals surface area contributed by atoms with Crippen molar-refractivity contribution >= 4 is 10.2 Å². The predicted octanol–water partition coefficient (Wildman–Crippen LogP) is 1.77. The van der Waals surface area contributed by atoms with E-state index in [1.807, 2.05) is 0 Å². The Morgan fingerprint density at radius 1 is 1.24 bits per heavy atom. The summed E-state index contributed by atoms with van der Waals surface area (Å²) in [6.07, 6.45) is 9.89. The van der Waals surface area contributed by atoms with E-state index in [1.54, 1.807) is 14.1 Å². The topological polar surface area (TPSA) is 67.2 Å². The van der Waals surface area contributed by atoms with Crippen molar-refractivity contribution in [2.75, 3.05) is 14.1 Å². The molecule has 1 aromatic heterocycles. The third-order valence-corrected chi connectivity index (χ3v) is 6.12. The van der Waals surface area contributed by atoms with Gasteiger partial charge in [0.1, 0.15) is 0 Å². The van der Waals surface area contributed by atoms with Gasteiger partial charge in [0.15, 0.2) is 0 Å². The number of nitrogens with zero attached hydrogens (tertiary/aromatic N) is 3. The van der Waals surface area contributed by atoms with Crippen LogP contribution >= 0.6 is 0 Å². The van der Waals surface area contributed by atoms with Crippen molar-refractivity contribution in [3.63, 3.8) is 0 Å². The summed E-state index contributed by atoms with van der Waals surface area (Å²) in [6.45, 7) is 0.